The van der Waals surface area contributed by atoms with Gasteiger partial charge in [-0.1, -0.05) is 18.2 Å². The Morgan fingerprint density at radius 3 is 2.50 bits per heavy atom. The van der Waals surface area contributed by atoms with Gasteiger partial charge in [0.05, 0.1) is 24.1 Å². The van der Waals surface area contributed by atoms with Gasteiger partial charge in [0.15, 0.2) is 15.9 Å². The van der Waals surface area contributed by atoms with E-state index < -0.39 is 27.8 Å². The maximum Gasteiger partial charge on any atom is 0.338 e. The molecule has 1 amide bonds. The van der Waals surface area contributed by atoms with E-state index in [0.29, 0.717) is 17.0 Å². The number of sulfone groups is 1. The molecule has 28 heavy (non-hydrogen) atoms. The fourth-order valence-corrected chi connectivity index (χ4v) is 3.31. The maximum atomic E-state index is 12.4. The number of methoxy groups -OCH3 is 1. The summed E-state index contributed by atoms with van der Waals surface area (Å²) in [5.74, 6) is -0.915. The summed E-state index contributed by atoms with van der Waals surface area (Å²) in [6.45, 7) is 3.33. The first-order valence-corrected chi connectivity index (χ1v) is 10.6. The highest BCUT2D eigenvalue weighted by Crippen LogP contribution is 2.25. The van der Waals surface area contributed by atoms with Crippen LogP contribution < -0.4 is 10.1 Å². The molecule has 0 saturated heterocycles. The predicted octanol–water partition coefficient (Wildman–Crippen LogP) is 2.73. The summed E-state index contributed by atoms with van der Waals surface area (Å²) < 4.78 is 33.3. The van der Waals surface area contributed by atoms with E-state index in [4.69, 9.17) is 9.47 Å². The highest BCUT2D eigenvalue weighted by Gasteiger charge is 2.20. The van der Waals surface area contributed by atoms with Crippen LogP contribution in [0.15, 0.2) is 42.5 Å². The fourth-order valence-electron chi connectivity index (χ4n) is 2.53. The Hall–Kier alpha value is -2.87. The number of anilines is 1. The molecule has 0 heterocycles. The first-order valence-electron chi connectivity index (χ1n) is 8.52. The molecule has 0 spiro atoms. The smallest absolute Gasteiger partial charge is 0.338 e. The normalized spacial score (nSPS) is 12.1. The molecule has 8 heteroatoms. The van der Waals surface area contributed by atoms with Crippen molar-refractivity contribution in [2.75, 3.05) is 18.7 Å². The van der Waals surface area contributed by atoms with Gasteiger partial charge in [-0.25, -0.2) is 13.2 Å². The number of amides is 1. The van der Waals surface area contributed by atoms with E-state index in [1.165, 1.54) is 26.2 Å². The van der Waals surface area contributed by atoms with Gasteiger partial charge in [-0.15, -0.1) is 0 Å². The number of esters is 1. The van der Waals surface area contributed by atoms with Crippen molar-refractivity contribution in [3.8, 4) is 5.75 Å². The summed E-state index contributed by atoms with van der Waals surface area (Å²) >= 11 is 0. The number of rotatable bonds is 7. The van der Waals surface area contributed by atoms with E-state index in [2.05, 4.69) is 5.32 Å². The number of carbonyl (C=O) groups excluding carboxylic acids is 2. The van der Waals surface area contributed by atoms with E-state index >= 15 is 0 Å². The third kappa shape index (κ3) is 6.09. The molecule has 0 aromatic heterocycles. The highest BCUT2D eigenvalue weighted by molar-refractivity contribution is 7.89. The molecule has 0 radical (unpaired) electrons. The minimum Gasteiger partial charge on any atom is -0.495 e. The molecule has 0 bridgehead atoms. The Balaban J connectivity index is 2.07. The Labute approximate surface area is 164 Å². The van der Waals surface area contributed by atoms with Crippen molar-refractivity contribution in [1.82, 2.24) is 0 Å². The summed E-state index contributed by atoms with van der Waals surface area (Å²) in [7, 11) is -1.74. The minimum atomic E-state index is -3.23. The molecule has 2 aromatic rings. The highest BCUT2D eigenvalue weighted by atomic mass is 32.2. The number of ether oxygens (including phenoxy) is 2. The van der Waals surface area contributed by atoms with Gasteiger partial charge in [0.2, 0.25) is 0 Å². The second-order valence-corrected chi connectivity index (χ2v) is 8.65. The Bertz CT molecular complexity index is 984. The van der Waals surface area contributed by atoms with Crippen LogP contribution in [0.4, 0.5) is 5.69 Å². The largest absolute Gasteiger partial charge is 0.495 e. The van der Waals surface area contributed by atoms with Gasteiger partial charge < -0.3 is 14.8 Å². The van der Waals surface area contributed by atoms with Crippen LogP contribution in [0.25, 0.3) is 0 Å². The Kier molecular flexibility index (Phi) is 6.80. The third-order valence-electron chi connectivity index (χ3n) is 3.86. The Morgan fingerprint density at radius 2 is 1.86 bits per heavy atom. The van der Waals surface area contributed by atoms with Crippen LogP contribution in [0.1, 0.15) is 28.4 Å². The second kappa shape index (κ2) is 8.88. The fraction of sp³-hybridized carbons (Fsp3) is 0.300. The van der Waals surface area contributed by atoms with Gasteiger partial charge in [0.25, 0.3) is 5.91 Å². The molecule has 0 fully saturated rings. The summed E-state index contributed by atoms with van der Waals surface area (Å²) in [6.07, 6.45) is 0.0561. The van der Waals surface area contributed by atoms with E-state index in [1.807, 2.05) is 13.0 Å². The zero-order valence-corrected chi connectivity index (χ0v) is 17.0. The molecule has 1 atom stereocenters. The lowest BCUT2D eigenvalue weighted by molar-refractivity contribution is -0.123. The average Bonchev–Trinajstić information content (AvgIpc) is 2.60. The summed E-state index contributed by atoms with van der Waals surface area (Å²) in [4.78, 5) is 24.7. The van der Waals surface area contributed by atoms with Gasteiger partial charge in [-0.05, 0) is 49.2 Å². The lowest BCUT2D eigenvalue weighted by Crippen LogP contribution is -2.30. The van der Waals surface area contributed by atoms with E-state index in [0.717, 1.165) is 11.8 Å². The number of nitrogens with one attached hydrogen (secondary N) is 1. The molecular weight excluding hydrogens is 382 g/mol. The zero-order valence-electron chi connectivity index (χ0n) is 16.2. The molecule has 0 aliphatic rings. The molecular formula is C20H23NO6S. The standard InChI is InChI=1S/C20H23NO6S/c1-13-8-9-18(26-3)17(10-13)21-19(22)14(2)27-20(23)16-7-5-6-15(11-16)12-28(4,24)25/h5-11,14H,12H2,1-4H3,(H,21,22)/t14-/m0/s1. The van der Waals surface area contributed by atoms with Crippen molar-refractivity contribution in [2.45, 2.75) is 25.7 Å². The third-order valence-corrected chi connectivity index (χ3v) is 4.72. The van der Waals surface area contributed by atoms with Crippen molar-refractivity contribution in [3.05, 3.63) is 59.2 Å². The lowest BCUT2D eigenvalue weighted by atomic mass is 10.1. The first kappa shape index (κ1) is 21.4. The van der Waals surface area contributed by atoms with Crippen LogP contribution >= 0.6 is 0 Å². The van der Waals surface area contributed by atoms with Crippen molar-refractivity contribution in [3.63, 3.8) is 0 Å². The van der Waals surface area contributed by atoms with Crippen LogP contribution in [-0.2, 0) is 25.1 Å². The van der Waals surface area contributed by atoms with Crippen molar-refractivity contribution < 1.29 is 27.5 Å². The van der Waals surface area contributed by atoms with Gasteiger partial charge in [-0.2, -0.15) is 0 Å². The molecule has 0 aliphatic carbocycles. The molecule has 0 unspecified atom stereocenters. The van der Waals surface area contributed by atoms with Gasteiger partial charge >= 0.3 is 5.97 Å². The molecule has 0 aliphatic heterocycles. The van der Waals surface area contributed by atoms with Crippen LogP contribution in [0.3, 0.4) is 0 Å². The molecule has 0 saturated carbocycles. The van der Waals surface area contributed by atoms with Crippen molar-refractivity contribution in [1.29, 1.82) is 0 Å². The number of carbonyl (C=O) groups is 2. The van der Waals surface area contributed by atoms with Gasteiger partial charge in [0.1, 0.15) is 5.75 Å². The summed E-state index contributed by atoms with van der Waals surface area (Å²) in [5, 5.41) is 2.68. The first-order chi connectivity index (χ1) is 13.1. The molecule has 150 valence electrons. The monoisotopic (exact) mass is 405 g/mol. The number of benzene rings is 2. The van der Waals surface area contributed by atoms with Crippen LogP contribution in [0.2, 0.25) is 0 Å². The number of hydrogen-bond donors (Lipinski definition) is 1. The van der Waals surface area contributed by atoms with E-state index in [-0.39, 0.29) is 11.3 Å². The Morgan fingerprint density at radius 1 is 1.14 bits per heavy atom. The lowest BCUT2D eigenvalue weighted by Gasteiger charge is -2.16. The number of aryl methyl sites for hydroxylation is 1. The van der Waals surface area contributed by atoms with Crippen molar-refractivity contribution >= 4 is 27.4 Å². The van der Waals surface area contributed by atoms with Gasteiger partial charge in [-0.3, -0.25) is 4.79 Å². The predicted molar refractivity (Wildman–Crippen MR) is 106 cm³/mol. The zero-order chi connectivity index (χ0) is 20.9. The van der Waals surface area contributed by atoms with E-state index in [1.54, 1.807) is 24.3 Å². The van der Waals surface area contributed by atoms with Crippen LogP contribution in [-0.4, -0.2) is 39.8 Å². The maximum absolute atomic E-state index is 12.4. The summed E-state index contributed by atoms with van der Waals surface area (Å²) in [5.41, 5.74) is 2.06. The van der Waals surface area contributed by atoms with Crippen molar-refractivity contribution in [2.24, 2.45) is 0 Å². The second-order valence-electron chi connectivity index (χ2n) is 6.51. The molecule has 2 rings (SSSR count). The topological polar surface area (TPSA) is 98.8 Å². The van der Waals surface area contributed by atoms with Crippen LogP contribution in [0, 0.1) is 6.92 Å². The molecule has 1 N–H and O–H groups in total. The number of hydrogen-bond acceptors (Lipinski definition) is 6. The van der Waals surface area contributed by atoms with E-state index in [9.17, 15) is 18.0 Å². The van der Waals surface area contributed by atoms with Gasteiger partial charge in [0, 0.05) is 6.26 Å². The quantitative estimate of drug-likeness (QED) is 0.711. The average molecular weight is 405 g/mol. The minimum absolute atomic E-state index is 0.175. The summed E-state index contributed by atoms with van der Waals surface area (Å²) in [6, 6.07) is 11.5. The molecule has 2 aromatic carbocycles. The molecule has 7 nitrogen and oxygen atoms in total. The SMILES string of the molecule is COc1ccc(C)cc1NC(=O)[C@H](C)OC(=O)c1cccc(CS(C)(=O)=O)c1. The van der Waals surface area contributed by atoms with Crippen LogP contribution in [0.5, 0.6) is 5.75 Å².